The first kappa shape index (κ1) is 8.49. The van der Waals surface area contributed by atoms with Crippen LogP contribution < -0.4 is 0 Å². The van der Waals surface area contributed by atoms with Crippen LogP contribution in [0.25, 0.3) is 0 Å². The smallest absolute Gasteiger partial charge is 0.211 e. The lowest BCUT2D eigenvalue weighted by Gasteiger charge is -2.31. The molecule has 0 aromatic rings. The van der Waals surface area contributed by atoms with Gasteiger partial charge in [0.1, 0.15) is 0 Å². The third-order valence-electron chi connectivity index (χ3n) is 1.62. The third-order valence-corrected chi connectivity index (χ3v) is 1.62. The van der Waals surface area contributed by atoms with Gasteiger partial charge in [0, 0.05) is 13.2 Å². The van der Waals surface area contributed by atoms with Crippen molar-refractivity contribution in [2.45, 2.75) is 13.2 Å². The Hall–Kier alpha value is -0.610. The number of nitrogens with zero attached hydrogens (tertiary/aromatic N) is 1. The Balaban J connectivity index is 2.37. The van der Waals surface area contributed by atoms with Crippen molar-refractivity contribution in [2.75, 3.05) is 26.4 Å². The maximum Gasteiger partial charge on any atom is 0.211 e. The second-order valence-electron chi connectivity index (χ2n) is 2.33. The molecule has 1 saturated heterocycles. The minimum absolute atomic E-state index is 0.175. The fourth-order valence-corrected chi connectivity index (χ4v) is 1.05. The maximum atomic E-state index is 10.4. The summed E-state index contributed by atoms with van der Waals surface area (Å²) in [5.41, 5.74) is 0. The van der Waals surface area contributed by atoms with Gasteiger partial charge in [-0.25, -0.2) is 0 Å². The molecule has 1 atom stereocenters. The molecule has 1 aliphatic rings. The summed E-state index contributed by atoms with van der Waals surface area (Å²) in [4.78, 5) is 12.1. The molecule has 1 amide bonds. The van der Waals surface area contributed by atoms with Crippen LogP contribution >= 0.6 is 0 Å². The van der Waals surface area contributed by atoms with E-state index in [1.54, 1.807) is 4.90 Å². The molecule has 1 unspecified atom stereocenters. The second-order valence-corrected chi connectivity index (χ2v) is 2.33. The van der Waals surface area contributed by atoms with E-state index in [4.69, 9.17) is 9.47 Å². The lowest BCUT2D eigenvalue weighted by molar-refractivity contribution is -0.155. The van der Waals surface area contributed by atoms with Crippen LogP contribution in [0.3, 0.4) is 0 Å². The van der Waals surface area contributed by atoms with Gasteiger partial charge in [-0.15, -0.1) is 0 Å². The first-order chi connectivity index (χ1) is 5.38. The number of amides is 1. The van der Waals surface area contributed by atoms with Crippen LogP contribution in [0.5, 0.6) is 0 Å². The SMILES string of the molecule is CCOC1COCCN1C=O. The standard InChI is InChI=1S/C7H13NO3/c1-2-11-7-5-10-4-3-8(7)6-9/h6-7H,2-5H2,1H3. The molecule has 1 rings (SSSR count). The summed E-state index contributed by atoms with van der Waals surface area (Å²) in [6.07, 6.45) is 0.634. The summed E-state index contributed by atoms with van der Waals surface area (Å²) in [6.45, 7) is 4.25. The lowest BCUT2D eigenvalue weighted by atomic mass is 10.4. The molecule has 0 spiro atoms. The summed E-state index contributed by atoms with van der Waals surface area (Å²) in [5.74, 6) is 0. The number of hydrogen-bond acceptors (Lipinski definition) is 3. The predicted molar refractivity (Wildman–Crippen MR) is 39.0 cm³/mol. The minimum Gasteiger partial charge on any atom is -0.375 e. The number of ether oxygens (including phenoxy) is 2. The zero-order valence-corrected chi connectivity index (χ0v) is 6.66. The average molecular weight is 159 g/mol. The Kier molecular flexibility index (Phi) is 3.32. The summed E-state index contributed by atoms with van der Waals surface area (Å²) >= 11 is 0. The molecule has 0 N–H and O–H groups in total. The number of carbonyl (C=O) groups excluding carboxylic acids is 1. The molecule has 4 nitrogen and oxygen atoms in total. The molecule has 1 fully saturated rings. The van der Waals surface area contributed by atoms with E-state index >= 15 is 0 Å². The highest BCUT2D eigenvalue weighted by Gasteiger charge is 2.20. The van der Waals surface area contributed by atoms with Gasteiger partial charge in [-0.1, -0.05) is 0 Å². The first-order valence-corrected chi connectivity index (χ1v) is 3.79. The van der Waals surface area contributed by atoms with Gasteiger partial charge in [0.15, 0.2) is 6.23 Å². The minimum atomic E-state index is -0.175. The molecule has 0 bridgehead atoms. The molecular formula is C7H13NO3. The van der Waals surface area contributed by atoms with E-state index in [0.717, 1.165) is 6.41 Å². The number of rotatable bonds is 3. The Labute approximate surface area is 66.1 Å². The second kappa shape index (κ2) is 4.31. The van der Waals surface area contributed by atoms with Gasteiger partial charge in [-0.2, -0.15) is 0 Å². The number of morpholine rings is 1. The fourth-order valence-electron chi connectivity index (χ4n) is 1.05. The van der Waals surface area contributed by atoms with E-state index in [1.807, 2.05) is 6.92 Å². The molecule has 0 saturated carbocycles. The molecule has 64 valence electrons. The van der Waals surface area contributed by atoms with E-state index in [0.29, 0.717) is 26.4 Å². The number of hydrogen-bond donors (Lipinski definition) is 0. The van der Waals surface area contributed by atoms with Crippen LogP contribution in [-0.4, -0.2) is 43.9 Å². The van der Waals surface area contributed by atoms with E-state index in [1.165, 1.54) is 0 Å². The van der Waals surface area contributed by atoms with Gasteiger partial charge < -0.3 is 14.4 Å². The van der Waals surface area contributed by atoms with Gasteiger partial charge >= 0.3 is 0 Å². The monoisotopic (exact) mass is 159 g/mol. The van der Waals surface area contributed by atoms with Crippen LogP contribution in [-0.2, 0) is 14.3 Å². The van der Waals surface area contributed by atoms with E-state index in [2.05, 4.69) is 0 Å². The quantitative estimate of drug-likeness (QED) is 0.537. The van der Waals surface area contributed by atoms with Crippen LogP contribution in [0.4, 0.5) is 0 Å². The molecule has 0 radical (unpaired) electrons. The molecule has 0 aromatic heterocycles. The Morgan fingerprint density at radius 3 is 3.27 bits per heavy atom. The van der Waals surface area contributed by atoms with Crippen LogP contribution in [0, 0.1) is 0 Å². The van der Waals surface area contributed by atoms with Crippen molar-refractivity contribution in [1.29, 1.82) is 0 Å². The fraction of sp³-hybridized carbons (Fsp3) is 0.857. The van der Waals surface area contributed by atoms with Crippen molar-refractivity contribution in [3.8, 4) is 0 Å². The maximum absolute atomic E-state index is 10.4. The third kappa shape index (κ3) is 2.17. The van der Waals surface area contributed by atoms with E-state index < -0.39 is 0 Å². The summed E-state index contributed by atoms with van der Waals surface area (Å²) in [6, 6.07) is 0. The number of carbonyl (C=O) groups is 1. The topological polar surface area (TPSA) is 38.8 Å². The van der Waals surface area contributed by atoms with Crippen molar-refractivity contribution in [3.63, 3.8) is 0 Å². The Morgan fingerprint density at radius 1 is 1.82 bits per heavy atom. The summed E-state index contributed by atoms with van der Waals surface area (Å²) < 4.78 is 10.4. The molecule has 1 aliphatic heterocycles. The Bertz CT molecular complexity index is 127. The highest BCUT2D eigenvalue weighted by atomic mass is 16.5. The van der Waals surface area contributed by atoms with Gasteiger partial charge in [-0.05, 0) is 6.92 Å². The average Bonchev–Trinajstić information content (AvgIpc) is 2.06. The van der Waals surface area contributed by atoms with Gasteiger partial charge in [0.05, 0.1) is 13.2 Å². The van der Waals surface area contributed by atoms with Crippen molar-refractivity contribution in [2.24, 2.45) is 0 Å². The first-order valence-electron chi connectivity index (χ1n) is 3.79. The molecule has 0 aliphatic carbocycles. The zero-order valence-electron chi connectivity index (χ0n) is 6.66. The molecule has 0 aromatic carbocycles. The lowest BCUT2D eigenvalue weighted by Crippen LogP contribution is -2.46. The molecule has 1 heterocycles. The van der Waals surface area contributed by atoms with Gasteiger partial charge in [0.2, 0.25) is 6.41 Å². The normalized spacial score (nSPS) is 25.2. The van der Waals surface area contributed by atoms with Crippen molar-refractivity contribution in [1.82, 2.24) is 4.90 Å². The molecule has 4 heteroatoms. The van der Waals surface area contributed by atoms with Crippen molar-refractivity contribution in [3.05, 3.63) is 0 Å². The van der Waals surface area contributed by atoms with Crippen molar-refractivity contribution < 1.29 is 14.3 Å². The zero-order chi connectivity index (χ0) is 8.10. The predicted octanol–water partition coefficient (Wildman–Crippen LogP) is -0.162. The molecular weight excluding hydrogens is 146 g/mol. The molecule has 11 heavy (non-hydrogen) atoms. The largest absolute Gasteiger partial charge is 0.375 e. The van der Waals surface area contributed by atoms with Gasteiger partial charge in [-0.3, -0.25) is 4.79 Å². The van der Waals surface area contributed by atoms with Crippen LogP contribution in [0.1, 0.15) is 6.92 Å². The van der Waals surface area contributed by atoms with Gasteiger partial charge in [0.25, 0.3) is 0 Å². The van der Waals surface area contributed by atoms with Crippen molar-refractivity contribution >= 4 is 6.41 Å². The summed E-state index contributed by atoms with van der Waals surface area (Å²) in [5, 5.41) is 0. The highest BCUT2D eigenvalue weighted by molar-refractivity contribution is 5.47. The Morgan fingerprint density at radius 2 is 2.64 bits per heavy atom. The summed E-state index contributed by atoms with van der Waals surface area (Å²) in [7, 11) is 0. The van der Waals surface area contributed by atoms with E-state index in [9.17, 15) is 4.79 Å². The highest BCUT2D eigenvalue weighted by Crippen LogP contribution is 2.04. The van der Waals surface area contributed by atoms with Crippen LogP contribution in [0.2, 0.25) is 0 Å². The van der Waals surface area contributed by atoms with E-state index in [-0.39, 0.29) is 6.23 Å². The van der Waals surface area contributed by atoms with Crippen LogP contribution in [0.15, 0.2) is 0 Å².